The molecule has 10 nitrogen and oxygen atoms in total. The summed E-state index contributed by atoms with van der Waals surface area (Å²) in [5.74, 6) is -2.49. The van der Waals surface area contributed by atoms with Crippen molar-refractivity contribution in [1.29, 1.82) is 0 Å². The van der Waals surface area contributed by atoms with Crippen LogP contribution in [0.5, 0.6) is 0 Å². The van der Waals surface area contributed by atoms with E-state index in [1.54, 1.807) is 28.9 Å². The number of imide groups is 2. The molecule has 37 heavy (non-hydrogen) atoms. The molecule has 0 bridgehead atoms. The lowest BCUT2D eigenvalue weighted by Crippen LogP contribution is -2.30. The van der Waals surface area contributed by atoms with Crippen LogP contribution in [0.4, 0.5) is 4.79 Å². The molecule has 3 heterocycles. The van der Waals surface area contributed by atoms with Gasteiger partial charge in [-0.15, -0.1) is 0 Å². The molecule has 1 saturated heterocycles. The van der Waals surface area contributed by atoms with E-state index in [0.717, 1.165) is 21.4 Å². The Morgan fingerprint density at radius 3 is 2.43 bits per heavy atom. The van der Waals surface area contributed by atoms with E-state index in [-0.39, 0.29) is 17.7 Å². The maximum atomic E-state index is 12.1. The second kappa shape index (κ2) is 8.66. The Labute approximate surface area is 212 Å². The maximum Gasteiger partial charge on any atom is 0.331 e. The first kappa shape index (κ1) is 23.9. The SMILES string of the molecule is CC(C)(C)c1cc(-c2nc(C(N)=O)cc3ccccc23)n(-c2cccc(CN3C(=O)NC(=O)C3=O)c2)n1. The van der Waals surface area contributed by atoms with Gasteiger partial charge in [0.15, 0.2) is 0 Å². The number of primary amides is 1. The average molecular weight is 497 g/mol. The fourth-order valence-corrected chi connectivity index (χ4v) is 4.18. The van der Waals surface area contributed by atoms with Crippen molar-refractivity contribution in [3.05, 3.63) is 77.6 Å². The first-order chi connectivity index (χ1) is 17.5. The van der Waals surface area contributed by atoms with Crippen LogP contribution in [0.1, 0.15) is 42.5 Å². The lowest BCUT2D eigenvalue weighted by Gasteiger charge is -2.15. The lowest BCUT2D eigenvalue weighted by atomic mass is 9.92. The van der Waals surface area contributed by atoms with Crippen molar-refractivity contribution in [3.8, 4) is 17.1 Å². The van der Waals surface area contributed by atoms with Gasteiger partial charge >= 0.3 is 17.8 Å². The highest BCUT2D eigenvalue weighted by atomic mass is 16.2. The van der Waals surface area contributed by atoms with Crippen LogP contribution in [-0.4, -0.2) is 43.4 Å². The van der Waals surface area contributed by atoms with Gasteiger partial charge in [-0.3, -0.25) is 24.6 Å². The maximum absolute atomic E-state index is 12.1. The summed E-state index contributed by atoms with van der Waals surface area (Å²) in [6.07, 6.45) is 0. The van der Waals surface area contributed by atoms with Gasteiger partial charge in [0.2, 0.25) is 0 Å². The molecular formula is C27H24N6O4. The fraction of sp³-hybridized carbons (Fsp3) is 0.185. The number of rotatable bonds is 5. The normalized spacial score (nSPS) is 13.9. The van der Waals surface area contributed by atoms with E-state index >= 15 is 0 Å². The third kappa shape index (κ3) is 4.33. The second-order valence-corrected chi connectivity index (χ2v) is 9.84. The van der Waals surface area contributed by atoms with Crippen molar-refractivity contribution in [2.75, 3.05) is 0 Å². The van der Waals surface area contributed by atoms with E-state index < -0.39 is 23.8 Å². The fourth-order valence-electron chi connectivity index (χ4n) is 4.18. The molecule has 3 N–H and O–H groups in total. The zero-order chi connectivity index (χ0) is 26.5. The molecule has 5 amide bonds. The number of nitrogens with two attached hydrogens (primary N) is 1. The van der Waals surface area contributed by atoms with Crippen molar-refractivity contribution in [3.63, 3.8) is 0 Å². The van der Waals surface area contributed by atoms with E-state index in [4.69, 9.17) is 10.8 Å². The predicted molar refractivity (Wildman–Crippen MR) is 136 cm³/mol. The van der Waals surface area contributed by atoms with E-state index in [1.165, 1.54) is 0 Å². The number of hydrogen-bond donors (Lipinski definition) is 2. The molecule has 2 aromatic carbocycles. The molecule has 0 unspecified atom stereocenters. The van der Waals surface area contributed by atoms with E-state index in [0.29, 0.717) is 22.6 Å². The summed E-state index contributed by atoms with van der Waals surface area (Å²) in [4.78, 5) is 53.2. The number of urea groups is 1. The Morgan fingerprint density at radius 1 is 1.00 bits per heavy atom. The van der Waals surface area contributed by atoms with Crippen molar-refractivity contribution < 1.29 is 19.2 Å². The highest BCUT2D eigenvalue weighted by molar-refractivity contribution is 6.44. The summed E-state index contributed by atoms with van der Waals surface area (Å²) in [6, 6.07) is 17.6. The molecule has 2 aromatic heterocycles. The molecule has 0 aliphatic carbocycles. The monoisotopic (exact) mass is 496 g/mol. The molecule has 10 heteroatoms. The smallest absolute Gasteiger partial charge is 0.331 e. The van der Waals surface area contributed by atoms with E-state index in [9.17, 15) is 19.2 Å². The predicted octanol–water partition coefficient (Wildman–Crippen LogP) is 3.06. The summed E-state index contributed by atoms with van der Waals surface area (Å²) in [6.45, 7) is 6.05. The van der Waals surface area contributed by atoms with E-state index in [2.05, 4.69) is 4.98 Å². The van der Waals surface area contributed by atoms with Crippen LogP contribution < -0.4 is 11.1 Å². The standard InChI is InChI=1S/C27H24N6O4/c1-27(2,3)21-13-20(22-18-10-5-4-8-16(18)12-19(29-22)23(28)34)33(31-21)17-9-6-7-15(11-17)14-32-25(36)24(35)30-26(32)37/h4-13H,14H2,1-3H3,(H2,28,34)(H,30,35,37). The van der Waals surface area contributed by atoms with Gasteiger partial charge in [-0.05, 0) is 35.2 Å². The van der Waals surface area contributed by atoms with Gasteiger partial charge in [0.25, 0.3) is 5.91 Å². The summed E-state index contributed by atoms with van der Waals surface area (Å²) >= 11 is 0. The lowest BCUT2D eigenvalue weighted by molar-refractivity contribution is -0.140. The Bertz CT molecular complexity index is 1610. The van der Waals surface area contributed by atoms with Crippen LogP contribution in [0, 0.1) is 0 Å². The van der Waals surface area contributed by atoms with Crippen molar-refractivity contribution in [2.24, 2.45) is 5.73 Å². The molecule has 0 radical (unpaired) electrons. The minimum absolute atomic E-state index is 0.0781. The molecule has 1 fully saturated rings. The molecule has 5 rings (SSSR count). The van der Waals surface area contributed by atoms with E-state index in [1.807, 2.05) is 62.5 Å². The molecule has 4 aromatic rings. The largest absolute Gasteiger partial charge is 0.364 e. The number of carbonyl (C=O) groups excluding carboxylic acids is 4. The number of hydrogen-bond acceptors (Lipinski definition) is 6. The molecule has 0 saturated carbocycles. The second-order valence-electron chi connectivity index (χ2n) is 9.84. The number of amides is 5. The van der Waals surface area contributed by atoms with Gasteiger partial charge in [-0.2, -0.15) is 5.10 Å². The molecule has 1 aliphatic rings. The van der Waals surface area contributed by atoms with Gasteiger partial charge < -0.3 is 5.73 Å². The molecule has 1 aliphatic heterocycles. The zero-order valence-electron chi connectivity index (χ0n) is 20.5. The summed E-state index contributed by atoms with van der Waals surface area (Å²) in [7, 11) is 0. The van der Waals surface area contributed by atoms with Gasteiger partial charge in [0.1, 0.15) is 5.69 Å². The average Bonchev–Trinajstić information content (AvgIpc) is 3.41. The van der Waals surface area contributed by atoms with Crippen LogP contribution >= 0.6 is 0 Å². The van der Waals surface area contributed by atoms with Crippen LogP contribution in [0.15, 0.2) is 60.7 Å². The number of nitrogens with zero attached hydrogens (tertiary/aromatic N) is 4. The Kier molecular flexibility index (Phi) is 5.59. The number of aromatic nitrogens is 3. The zero-order valence-corrected chi connectivity index (χ0v) is 20.5. The number of carbonyl (C=O) groups is 4. The van der Waals surface area contributed by atoms with Crippen molar-refractivity contribution in [1.82, 2.24) is 25.0 Å². The highest BCUT2D eigenvalue weighted by Crippen LogP contribution is 2.33. The molecule has 0 spiro atoms. The number of nitrogens with one attached hydrogen (secondary N) is 1. The Hall–Kier alpha value is -4.86. The summed E-state index contributed by atoms with van der Waals surface area (Å²) in [5, 5.41) is 8.50. The Morgan fingerprint density at radius 2 is 1.76 bits per heavy atom. The van der Waals surface area contributed by atoms with Crippen LogP contribution in [0.25, 0.3) is 27.8 Å². The third-order valence-corrected chi connectivity index (χ3v) is 6.11. The molecule has 0 atom stereocenters. The quantitative estimate of drug-likeness (QED) is 0.321. The first-order valence-corrected chi connectivity index (χ1v) is 11.6. The first-order valence-electron chi connectivity index (χ1n) is 11.6. The van der Waals surface area contributed by atoms with Gasteiger partial charge in [-0.1, -0.05) is 57.2 Å². The van der Waals surface area contributed by atoms with Crippen molar-refractivity contribution in [2.45, 2.75) is 32.7 Å². The Balaban J connectivity index is 1.68. The number of benzene rings is 2. The topological polar surface area (TPSA) is 140 Å². The van der Waals surface area contributed by atoms with Gasteiger partial charge in [0, 0.05) is 10.8 Å². The summed E-state index contributed by atoms with van der Waals surface area (Å²) < 4.78 is 1.72. The number of pyridine rings is 1. The molecule has 186 valence electrons. The third-order valence-electron chi connectivity index (χ3n) is 6.11. The van der Waals surface area contributed by atoms with Gasteiger partial charge in [0.05, 0.1) is 29.3 Å². The highest BCUT2D eigenvalue weighted by Gasteiger charge is 2.36. The van der Waals surface area contributed by atoms with Crippen LogP contribution in [0.3, 0.4) is 0 Å². The van der Waals surface area contributed by atoms with Crippen LogP contribution in [0.2, 0.25) is 0 Å². The number of fused-ring (bicyclic) bond motifs is 1. The summed E-state index contributed by atoms with van der Waals surface area (Å²) in [5.41, 5.74) is 8.69. The van der Waals surface area contributed by atoms with Crippen LogP contribution in [-0.2, 0) is 21.5 Å². The minimum atomic E-state index is -0.947. The minimum Gasteiger partial charge on any atom is -0.364 e. The van der Waals surface area contributed by atoms with Gasteiger partial charge in [-0.25, -0.2) is 14.5 Å². The van der Waals surface area contributed by atoms with Crippen molar-refractivity contribution >= 4 is 34.5 Å². The molecular weight excluding hydrogens is 472 g/mol.